The SMILES string of the molecule is CC(C)Cn1cnc2cc(C(=O)N3CCC(F)(F)C3)cnc21. The number of likely N-dealkylation sites (tertiary alicyclic amines) is 1. The van der Waals surface area contributed by atoms with Crippen LogP contribution in [0.5, 0.6) is 0 Å². The molecule has 0 atom stereocenters. The molecular formula is C15H18F2N4O. The first kappa shape index (κ1) is 14.9. The molecule has 1 aliphatic heterocycles. The molecule has 0 bridgehead atoms. The van der Waals surface area contributed by atoms with E-state index in [4.69, 9.17) is 0 Å². The molecule has 1 aliphatic rings. The molecule has 118 valence electrons. The van der Waals surface area contributed by atoms with Crippen molar-refractivity contribution in [3.63, 3.8) is 0 Å². The second kappa shape index (κ2) is 5.30. The molecule has 2 aromatic heterocycles. The Labute approximate surface area is 127 Å². The summed E-state index contributed by atoms with van der Waals surface area (Å²) in [5.74, 6) is -2.75. The Morgan fingerprint density at radius 2 is 2.18 bits per heavy atom. The number of carbonyl (C=O) groups excluding carboxylic acids is 1. The van der Waals surface area contributed by atoms with Gasteiger partial charge in [-0.1, -0.05) is 13.8 Å². The van der Waals surface area contributed by atoms with Crippen LogP contribution in [0.4, 0.5) is 8.78 Å². The minimum absolute atomic E-state index is 0.0751. The van der Waals surface area contributed by atoms with Gasteiger partial charge in [-0.15, -0.1) is 0 Å². The van der Waals surface area contributed by atoms with E-state index in [9.17, 15) is 13.6 Å². The minimum Gasteiger partial charge on any atom is -0.332 e. The Balaban J connectivity index is 1.85. The maximum atomic E-state index is 13.2. The first-order valence-electron chi connectivity index (χ1n) is 7.34. The lowest BCUT2D eigenvalue weighted by Gasteiger charge is -2.15. The van der Waals surface area contributed by atoms with Gasteiger partial charge in [-0.25, -0.2) is 18.7 Å². The van der Waals surface area contributed by atoms with Crippen LogP contribution < -0.4 is 0 Å². The van der Waals surface area contributed by atoms with Crippen molar-refractivity contribution in [2.24, 2.45) is 5.92 Å². The largest absolute Gasteiger partial charge is 0.332 e. The van der Waals surface area contributed by atoms with E-state index in [1.54, 1.807) is 12.4 Å². The van der Waals surface area contributed by atoms with Crippen molar-refractivity contribution in [2.45, 2.75) is 32.7 Å². The normalized spacial score (nSPS) is 17.6. The number of alkyl halides is 2. The lowest BCUT2D eigenvalue weighted by atomic mass is 10.2. The van der Waals surface area contributed by atoms with Gasteiger partial charge in [0.1, 0.15) is 5.52 Å². The summed E-state index contributed by atoms with van der Waals surface area (Å²) in [4.78, 5) is 22.0. The second-order valence-corrected chi connectivity index (χ2v) is 6.19. The highest BCUT2D eigenvalue weighted by molar-refractivity contribution is 5.96. The maximum Gasteiger partial charge on any atom is 0.267 e. The molecule has 0 aliphatic carbocycles. The van der Waals surface area contributed by atoms with Gasteiger partial charge in [-0.05, 0) is 12.0 Å². The predicted molar refractivity (Wildman–Crippen MR) is 77.8 cm³/mol. The van der Waals surface area contributed by atoms with Crippen molar-refractivity contribution in [3.05, 3.63) is 24.2 Å². The highest BCUT2D eigenvalue weighted by Crippen LogP contribution is 2.28. The molecule has 0 N–H and O–H groups in total. The molecule has 2 aromatic rings. The fraction of sp³-hybridized carbons (Fsp3) is 0.533. The average molecular weight is 308 g/mol. The molecule has 22 heavy (non-hydrogen) atoms. The van der Waals surface area contributed by atoms with Crippen molar-refractivity contribution in [3.8, 4) is 0 Å². The van der Waals surface area contributed by atoms with E-state index in [-0.39, 0.29) is 13.0 Å². The van der Waals surface area contributed by atoms with E-state index in [0.717, 1.165) is 6.54 Å². The lowest BCUT2D eigenvalue weighted by molar-refractivity contribution is 0.0120. The zero-order valence-electron chi connectivity index (χ0n) is 12.6. The van der Waals surface area contributed by atoms with Crippen LogP contribution in [-0.2, 0) is 6.54 Å². The fourth-order valence-corrected chi connectivity index (χ4v) is 2.68. The quantitative estimate of drug-likeness (QED) is 0.875. The Morgan fingerprint density at radius 3 is 2.82 bits per heavy atom. The third kappa shape index (κ3) is 2.80. The minimum atomic E-state index is -2.79. The van der Waals surface area contributed by atoms with E-state index >= 15 is 0 Å². The van der Waals surface area contributed by atoms with Gasteiger partial charge in [0.25, 0.3) is 11.8 Å². The number of pyridine rings is 1. The molecule has 1 saturated heterocycles. The summed E-state index contributed by atoms with van der Waals surface area (Å²) in [6, 6.07) is 1.62. The Kier molecular flexibility index (Phi) is 3.58. The van der Waals surface area contributed by atoms with E-state index in [1.807, 2.05) is 4.57 Å². The molecule has 3 heterocycles. The van der Waals surface area contributed by atoms with Crippen molar-refractivity contribution in [2.75, 3.05) is 13.1 Å². The monoisotopic (exact) mass is 308 g/mol. The molecule has 3 rings (SSSR count). The number of hydrogen-bond acceptors (Lipinski definition) is 3. The lowest BCUT2D eigenvalue weighted by Crippen LogP contribution is -2.31. The molecule has 0 aromatic carbocycles. The Hall–Kier alpha value is -2.05. The predicted octanol–water partition coefficient (Wildman–Crippen LogP) is 2.57. The van der Waals surface area contributed by atoms with Gasteiger partial charge < -0.3 is 9.47 Å². The van der Waals surface area contributed by atoms with Gasteiger partial charge in [0, 0.05) is 25.7 Å². The van der Waals surface area contributed by atoms with Gasteiger partial charge >= 0.3 is 0 Å². The molecule has 1 amide bonds. The second-order valence-electron chi connectivity index (χ2n) is 6.19. The molecule has 1 fully saturated rings. The highest BCUT2D eigenvalue weighted by Gasteiger charge is 2.40. The van der Waals surface area contributed by atoms with E-state index in [2.05, 4.69) is 23.8 Å². The van der Waals surface area contributed by atoms with E-state index < -0.39 is 18.4 Å². The number of rotatable bonds is 3. The van der Waals surface area contributed by atoms with Crippen LogP contribution in [-0.4, -0.2) is 44.4 Å². The van der Waals surface area contributed by atoms with E-state index in [1.165, 1.54) is 11.1 Å². The molecule has 0 saturated carbocycles. The molecule has 0 radical (unpaired) electrons. The van der Waals surface area contributed by atoms with Crippen LogP contribution >= 0.6 is 0 Å². The van der Waals surface area contributed by atoms with Gasteiger partial charge in [0.2, 0.25) is 0 Å². The topological polar surface area (TPSA) is 51.0 Å². The summed E-state index contributed by atoms with van der Waals surface area (Å²) in [5.41, 5.74) is 1.62. The van der Waals surface area contributed by atoms with Gasteiger partial charge in [0.05, 0.1) is 18.4 Å². The number of carbonyl (C=O) groups is 1. The third-order valence-corrected chi connectivity index (χ3v) is 3.72. The first-order valence-corrected chi connectivity index (χ1v) is 7.34. The number of hydrogen-bond donors (Lipinski definition) is 0. The Morgan fingerprint density at radius 1 is 1.41 bits per heavy atom. The molecule has 0 unspecified atom stereocenters. The van der Waals surface area contributed by atoms with Crippen molar-refractivity contribution >= 4 is 17.1 Å². The van der Waals surface area contributed by atoms with E-state index in [0.29, 0.717) is 22.6 Å². The number of imidazole rings is 1. The van der Waals surface area contributed by atoms with Crippen LogP contribution in [0.25, 0.3) is 11.2 Å². The molecule has 0 spiro atoms. The third-order valence-electron chi connectivity index (χ3n) is 3.72. The van der Waals surface area contributed by atoms with Gasteiger partial charge in [-0.2, -0.15) is 0 Å². The van der Waals surface area contributed by atoms with Crippen molar-refractivity contribution in [1.82, 2.24) is 19.4 Å². The van der Waals surface area contributed by atoms with Crippen LogP contribution in [0, 0.1) is 5.92 Å². The number of amides is 1. The fourth-order valence-electron chi connectivity index (χ4n) is 2.68. The zero-order chi connectivity index (χ0) is 15.9. The summed E-state index contributed by atoms with van der Waals surface area (Å²) in [6.07, 6.45) is 2.85. The summed E-state index contributed by atoms with van der Waals surface area (Å²) >= 11 is 0. The maximum absolute atomic E-state index is 13.2. The van der Waals surface area contributed by atoms with Crippen LogP contribution in [0.1, 0.15) is 30.6 Å². The standard InChI is InChI=1S/C15H18F2N4O/c1-10(2)7-21-9-19-12-5-11(6-18-13(12)21)14(22)20-4-3-15(16,17)8-20/h5-6,9-10H,3-4,7-8H2,1-2H3. The summed E-state index contributed by atoms with van der Waals surface area (Å²) < 4.78 is 28.4. The van der Waals surface area contributed by atoms with Crippen molar-refractivity contribution in [1.29, 1.82) is 0 Å². The molecular weight excluding hydrogens is 290 g/mol. The Bertz CT molecular complexity index is 711. The number of fused-ring (bicyclic) bond motifs is 1. The van der Waals surface area contributed by atoms with Crippen LogP contribution in [0.3, 0.4) is 0 Å². The van der Waals surface area contributed by atoms with Gasteiger partial charge in [0.15, 0.2) is 5.65 Å². The summed E-state index contributed by atoms with van der Waals surface area (Å²) in [5, 5.41) is 0. The number of halogens is 2. The average Bonchev–Trinajstić information content (AvgIpc) is 3.01. The smallest absolute Gasteiger partial charge is 0.267 e. The highest BCUT2D eigenvalue weighted by atomic mass is 19.3. The van der Waals surface area contributed by atoms with Gasteiger partial charge in [-0.3, -0.25) is 4.79 Å². The number of nitrogens with zero attached hydrogens (tertiary/aromatic N) is 4. The summed E-state index contributed by atoms with van der Waals surface area (Å²) in [6.45, 7) is 4.53. The molecule has 5 nitrogen and oxygen atoms in total. The first-order chi connectivity index (χ1) is 10.4. The van der Waals surface area contributed by atoms with Crippen LogP contribution in [0.15, 0.2) is 18.6 Å². The summed E-state index contributed by atoms with van der Waals surface area (Å²) in [7, 11) is 0. The molecule has 7 heteroatoms. The zero-order valence-corrected chi connectivity index (χ0v) is 12.6. The van der Waals surface area contributed by atoms with Crippen LogP contribution in [0.2, 0.25) is 0 Å². The van der Waals surface area contributed by atoms with Crippen molar-refractivity contribution < 1.29 is 13.6 Å². The number of aromatic nitrogens is 3.